The van der Waals surface area contributed by atoms with Gasteiger partial charge in [0.05, 0.1) is 11.0 Å². The fourth-order valence-corrected chi connectivity index (χ4v) is 1.34. The highest BCUT2D eigenvalue weighted by atomic mass is 16.6. The van der Waals surface area contributed by atoms with Crippen molar-refractivity contribution in [1.29, 1.82) is 0 Å². The number of nitrogens with one attached hydrogen (secondary N) is 1. The molecule has 0 aliphatic rings. The first-order chi connectivity index (χ1) is 8.59. The zero-order valence-electron chi connectivity index (χ0n) is 10.8. The van der Waals surface area contributed by atoms with E-state index in [1.165, 1.54) is 18.3 Å². The van der Waals surface area contributed by atoms with Crippen molar-refractivity contribution in [3.8, 4) is 0 Å². The van der Waals surface area contributed by atoms with Crippen LogP contribution in [0.2, 0.25) is 0 Å². The fourth-order valence-electron chi connectivity index (χ4n) is 1.34. The lowest BCUT2D eigenvalue weighted by molar-refractivity contribution is -0.384. The summed E-state index contributed by atoms with van der Waals surface area (Å²) in [4.78, 5) is 14.1. The summed E-state index contributed by atoms with van der Waals surface area (Å²) in [6.45, 7) is 6.33. The van der Waals surface area contributed by atoms with Gasteiger partial charge in [0.1, 0.15) is 5.82 Å². The van der Waals surface area contributed by atoms with E-state index in [4.69, 9.17) is 4.74 Å². The number of ether oxygens (including phenoxy) is 1. The maximum absolute atomic E-state index is 10.6. The van der Waals surface area contributed by atoms with Crippen molar-refractivity contribution in [2.24, 2.45) is 5.92 Å². The summed E-state index contributed by atoms with van der Waals surface area (Å²) in [5.74, 6) is 1.06. The third kappa shape index (κ3) is 5.58. The average molecular weight is 253 g/mol. The normalized spacial score (nSPS) is 10.6. The number of nitrogens with zero attached hydrogens (tertiary/aromatic N) is 2. The van der Waals surface area contributed by atoms with Crippen molar-refractivity contribution >= 4 is 11.5 Å². The van der Waals surface area contributed by atoms with Gasteiger partial charge in [-0.3, -0.25) is 10.1 Å². The molecule has 6 heteroatoms. The summed E-state index contributed by atoms with van der Waals surface area (Å²) in [5, 5.41) is 13.6. The second-order valence-corrected chi connectivity index (χ2v) is 4.41. The zero-order chi connectivity index (χ0) is 13.4. The number of aromatic nitrogens is 1. The third-order valence-corrected chi connectivity index (χ3v) is 2.18. The summed E-state index contributed by atoms with van der Waals surface area (Å²) in [7, 11) is 0. The van der Waals surface area contributed by atoms with E-state index in [-0.39, 0.29) is 5.69 Å². The topological polar surface area (TPSA) is 77.3 Å². The number of pyridine rings is 1. The molecule has 1 heterocycles. The molecule has 1 N–H and O–H groups in total. The second-order valence-electron chi connectivity index (χ2n) is 4.41. The van der Waals surface area contributed by atoms with Gasteiger partial charge in [-0.05, 0) is 12.3 Å². The molecule has 0 spiro atoms. The van der Waals surface area contributed by atoms with Crippen LogP contribution in [0.25, 0.3) is 0 Å². The molecular weight excluding hydrogens is 234 g/mol. The van der Waals surface area contributed by atoms with Crippen molar-refractivity contribution in [2.45, 2.75) is 20.3 Å². The van der Waals surface area contributed by atoms with E-state index in [0.717, 1.165) is 13.0 Å². The van der Waals surface area contributed by atoms with E-state index >= 15 is 0 Å². The highest BCUT2D eigenvalue weighted by Crippen LogP contribution is 2.13. The molecule has 100 valence electrons. The van der Waals surface area contributed by atoms with Gasteiger partial charge in [0.2, 0.25) is 0 Å². The minimum atomic E-state index is -0.432. The maximum atomic E-state index is 10.6. The van der Waals surface area contributed by atoms with Crippen molar-refractivity contribution in [3.63, 3.8) is 0 Å². The Bertz CT molecular complexity index is 383. The molecule has 0 aliphatic carbocycles. The number of nitro groups is 1. The van der Waals surface area contributed by atoms with Gasteiger partial charge in [-0.25, -0.2) is 4.98 Å². The van der Waals surface area contributed by atoms with Crippen LogP contribution in [-0.2, 0) is 4.74 Å². The molecule has 6 nitrogen and oxygen atoms in total. The molecule has 0 fully saturated rings. The molecule has 0 amide bonds. The minimum Gasteiger partial charge on any atom is -0.381 e. The molecule has 0 saturated carbocycles. The molecule has 0 aliphatic heterocycles. The molecule has 0 saturated heterocycles. The molecule has 0 atom stereocenters. The van der Waals surface area contributed by atoms with Crippen molar-refractivity contribution in [2.75, 3.05) is 25.1 Å². The first kappa shape index (κ1) is 14.4. The lowest BCUT2D eigenvalue weighted by Crippen LogP contribution is -2.09. The average Bonchev–Trinajstić information content (AvgIpc) is 2.33. The highest BCUT2D eigenvalue weighted by molar-refractivity contribution is 5.43. The van der Waals surface area contributed by atoms with Crippen molar-refractivity contribution < 1.29 is 9.66 Å². The molecule has 0 unspecified atom stereocenters. The van der Waals surface area contributed by atoms with Gasteiger partial charge >= 0.3 is 0 Å². The van der Waals surface area contributed by atoms with Gasteiger partial charge in [0.25, 0.3) is 5.69 Å². The summed E-state index contributed by atoms with van der Waals surface area (Å²) in [6.07, 6.45) is 2.27. The molecule has 1 aromatic rings. The second kappa shape index (κ2) is 7.60. The fraction of sp³-hybridized carbons (Fsp3) is 0.583. The molecule has 1 aromatic heterocycles. The Balaban J connectivity index is 2.23. The van der Waals surface area contributed by atoms with E-state index in [1.807, 2.05) is 0 Å². The molecule has 0 radical (unpaired) electrons. The zero-order valence-corrected chi connectivity index (χ0v) is 10.8. The maximum Gasteiger partial charge on any atom is 0.274 e. The Labute approximate surface area is 107 Å². The van der Waals surface area contributed by atoms with Gasteiger partial charge < -0.3 is 10.1 Å². The van der Waals surface area contributed by atoms with E-state index in [1.54, 1.807) is 0 Å². The van der Waals surface area contributed by atoms with Gasteiger partial charge in [0, 0.05) is 32.0 Å². The van der Waals surface area contributed by atoms with Crippen LogP contribution in [0.5, 0.6) is 0 Å². The van der Waals surface area contributed by atoms with Gasteiger partial charge in [-0.2, -0.15) is 0 Å². The largest absolute Gasteiger partial charge is 0.381 e. The van der Waals surface area contributed by atoms with E-state index in [0.29, 0.717) is 24.9 Å². The van der Waals surface area contributed by atoms with Crippen LogP contribution in [0.1, 0.15) is 20.3 Å². The molecular formula is C12H19N3O3. The summed E-state index contributed by atoms with van der Waals surface area (Å²) < 4.78 is 5.43. The quantitative estimate of drug-likeness (QED) is 0.437. The van der Waals surface area contributed by atoms with E-state index in [2.05, 4.69) is 24.1 Å². The molecule has 18 heavy (non-hydrogen) atoms. The Kier molecular flexibility index (Phi) is 6.07. The van der Waals surface area contributed by atoms with Gasteiger partial charge in [-0.15, -0.1) is 0 Å². The van der Waals surface area contributed by atoms with Crippen LogP contribution in [0.15, 0.2) is 18.3 Å². The van der Waals surface area contributed by atoms with Gasteiger partial charge in [0.15, 0.2) is 0 Å². The Morgan fingerprint density at radius 2 is 2.33 bits per heavy atom. The van der Waals surface area contributed by atoms with Crippen LogP contribution >= 0.6 is 0 Å². The number of hydrogen-bond acceptors (Lipinski definition) is 5. The third-order valence-electron chi connectivity index (χ3n) is 2.18. The standard InChI is InChI=1S/C12H19N3O3/c1-10(2)9-18-7-3-5-13-12-8-11(15(16)17)4-6-14-12/h4,6,8,10H,3,5,7,9H2,1-2H3,(H,13,14). The Morgan fingerprint density at radius 3 is 3.00 bits per heavy atom. The number of anilines is 1. The summed E-state index contributed by atoms with van der Waals surface area (Å²) >= 11 is 0. The van der Waals surface area contributed by atoms with Crippen LogP contribution in [0, 0.1) is 16.0 Å². The van der Waals surface area contributed by atoms with Crippen LogP contribution < -0.4 is 5.32 Å². The Hall–Kier alpha value is -1.69. The smallest absolute Gasteiger partial charge is 0.274 e. The number of hydrogen-bond donors (Lipinski definition) is 1. The summed E-state index contributed by atoms with van der Waals surface area (Å²) in [6, 6.07) is 2.80. The highest BCUT2D eigenvalue weighted by Gasteiger charge is 2.05. The van der Waals surface area contributed by atoms with Crippen LogP contribution in [-0.4, -0.2) is 29.7 Å². The van der Waals surface area contributed by atoms with Crippen LogP contribution in [0.4, 0.5) is 11.5 Å². The van der Waals surface area contributed by atoms with Crippen molar-refractivity contribution in [1.82, 2.24) is 4.98 Å². The lowest BCUT2D eigenvalue weighted by atomic mass is 10.2. The van der Waals surface area contributed by atoms with E-state index < -0.39 is 4.92 Å². The van der Waals surface area contributed by atoms with Crippen LogP contribution in [0.3, 0.4) is 0 Å². The monoisotopic (exact) mass is 253 g/mol. The molecule has 0 bridgehead atoms. The summed E-state index contributed by atoms with van der Waals surface area (Å²) in [5.41, 5.74) is 0.0450. The Morgan fingerprint density at radius 1 is 1.56 bits per heavy atom. The van der Waals surface area contributed by atoms with E-state index in [9.17, 15) is 10.1 Å². The van der Waals surface area contributed by atoms with Gasteiger partial charge in [-0.1, -0.05) is 13.8 Å². The predicted octanol–water partition coefficient (Wildman–Crippen LogP) is 2.46. The molecule has 1 rings (SSSR count). The first-order valence-electron chi connectivity index (χ1n) is 6.01. The van der Waals surface area contributed by atoms with Crippen molar-refractivity contribution in [3.05, 3.63) is 28.4 Å². The lowest BCUT2D eigenvalue weighted by Gasteiger charge is -2.07. The predicted molar refractivity (Wildman–Crippen MR) is 69.7 cm³/mol. The SMILES string of the molecule is CC(C)COCCCNc1cc([N+](=O)[O-])ccn1. The molecule has 0 aromatic carbocycles. The first-order valence-corrected chi connectivity index (χ1v) is 6.01. The number of rotatable bonds is 8. The minimum absolute atomic E-state index is 0.0450.